The molecule has 0 heterocycles. The third-order valence-electron chi connectivity index (χ3n) is 4.50. The topological polar surface area (TPSA) is 66.2 Å². The monoisotopic (exact) mass is 312 g/mol. The number of aliphatic carboxylic acids is 1. The lowest BCUT2D eigenvalue weighted by atomic mass is 9.94. The third kappa shape index (κ3) is 14.4. The minimum atomic E-state index is -0.849. The van der Waals surface area contributed by atoms with Crippen LogP contribution in [0.15, 0.2) is 0 Å². The molecule has 3 nitrogen and oxygen atoms in total. The van der Waals surface area contributed by atoms with Crippen molar-refractivity contribution in [3.63, 3.8) is 0 Å². The van der Waals surface area contributed by atoms with Crippen molar-refractivity contribution in [1.82, 2.24) is 0 Å². The Hall–Kier alpha value is -0.570. The van der Waals surface area contributed by atoms with Crippen LogP contribution in [0.2, 0.25) is 0 Å². The lowest BCUT2D eigenvalue weighted by molar-refractivity contribution is -0.312. The molecule has 0 aliphatic heterocycles. The molecule has 1 unspecified atom stereocenters. The summed E-state index contributed by atoms with van der Waals surface area (Å²) in [5, 5.41) is 11.2. The molecule has 2 N–H and O–H groups in total. The number of carbonyl (C=O) groups excluding carboxylic acids is 1. The van der Waals surface area contributed by atoms with Crippen molar-refractivity contribution in [2.75, 3.05) is 6.54 Å². The highest BCUT2D eigenvalue weighted by Gasteiger charge is 2.09. The highest BCUT2D eigenvalue weighted by Crippen LogP contribution is 2.18. The van der Waals surface area contributed by atoms with Crippen LogP contribution in [0.3, 0.4) is 0 Å². The van der Waals surface area contributed by atoms with Crippen LogP contribution in [-0.4, -0.2) is 12.5 Å². The van der Waals surface area contributed by atoms with E-state index in [1.165, 1.54) is 51.4 Å². The number of carboxylic acid groups (broad SMARTS) is 1. The van der Waals surface area contributed by atoms with E-state index in [-0.39, 0.29) is 5.92 Å². The van der Waals surface area contributed by atoms with Gasteiger partial charge in [0.2, 0.25) is 0 Å². The van der Waals surface area contributed by atoms with Crippen LogP contribution in [-0.2, 0) is 4.79 Å². The highest BCUT2D eigenvalue weighted by atomic mass is 16.4. The van der Waals surface area contributed by atoms with Gasteiger partial charge < -0.3 is 15.6 Å². The van der Waals surface area contributed by atoms with Gasteiger partial charge in [0.25, 0.3) is 0 Å². The molecule has 0 aliphatic carbocycles. The van der Waals surface area contributed by atoms with E-state index in [4.69, 9.17) is 5.73 Å². The van der Waals surface area contributed by atoms with Gasteiger partial charge in [0, 0.05) is 5.97 Å². The van der Waals surface area contributed by atoms with Crippen molar-refractivity contribution in [2.45, 2.75) is 103 Å². The number of hydrogen-bond donors (Lipinski definition) is 1. The van der Waals surface area contributed by atoms with E-state index in [0.29, 0.717) is 0 Å². The fourth-order valence-electron chi connectivity index (χ4n) is 2.97. The second-order valence-corrected chi connectivity index (χ2v) is 6.62. The number of unbranched alkanes of at least 4 members (excludes halogenated alkanes) is 11. The number of carboxylic acids is 1. The van der Waals surface area contributed by atoms with Gasteiger partial charge in [-0.1, -0.05) is 84.0 Å². The Morgan fingerprint density at radius 3 is 1.59 bits per heavy atom. The van der Waals surface area contributed by atoms with Gasteiger partial charge in [0.1, 0.15) is 0 Å². The van der Waals surface area contributed by atoms with Crippen molar-refractivity contribution in [2.24, 2.45) is 11.7 Å². The molecule has 0 rings (SSSR count). The molecule has 0 saturated heterocycles. The molecule has 0 aliphatic rings. The summed E-state index contributed by atoms with van der Waals surface area (Å²) in [5.41, 5.74) is 5.45. The van der Waals surface area contributed by atoms with Crippen LogP contribution in [0.4, 0.5) is 0 Å². The van der Waals surface area contributed by atoms with Gasteiger partial charge >= 0.3 is 0 Å². The highest BCUT2D eigenvalue weighted by molar-refractivity contribution is 5.67. The molecule has 0 saturated carbocycles. The molecule has 0 aromatic rings. The van der Waals surface area contributed by atoms with Crippen LogP contribution in [0.25, 0.3) is 0 Å². The summed E-state index contributed by atoms with van der Waals surface area (Å²) in [6, 6.07) is 0. The van der Waals surface area contributed by atoms with Gasteiger partial charge in [0.05, 0.1) is 0 Å². The van der Waals surface area contributed by atoms with E-state index in [1.807, 2.05) is 0 Å². The van der Waals surface area contributed by atoms with Crippen LogP contribution >= 0.6 is 0 Å². The van der Waals surface area contributed by atoms with Gasteiger partial charge in [-0.3, -0.25) is 0 Å². The zero-order valence-corrected chi connectivity index (χ0v) is 14.8. The first-order valence-electron chi connectivity index (χ1n) is 9.63. The van der Waals surface area contributed by atoms with Crippen molar-refractivity contribution in [3.8, 4) is 0 Å². The van der Waals surface area contributed by atoms with Crippen LogP contribution in [0.1, 0.15) is 103 Å². The van der Waals surface area contributed by atoms with Crippen LogP contribution in [0, 0.1) is 5.92 Å². The predicted octanol–water partition coefficient (Wildman–Crippen LogP) is 4.18. The maximum atomic E-state index is 11.2. The molecule has 0 fully saturated rings. The Bertz CT molecular complexity index is 244. The number of hydrogen-bond acceptors (Lipinski definition) is 3. The molecule has 0 bridgehead atoms. The van der Waals surface area contributed by atoms with Crippen LogP contribution < -0.4 is 10.8 Å². The van der Waals surface area contributed by atoms with Gasteiger partial charge in [-0.05, 0) is 31.7 Å². The zero-order chi connectivity index (χ0) is 16.5. The van der Waals surface area contributed by atoms with E-state index < -0.39 is 5.97 Å². The first-order chi connectivity index (χ1) is 10.7. The second kappa shape index (κ2) is 16.8. The Labute approximate surface area is 138 Å². The average molecular weight is 313 g/mol. The van der Waals surface area contributed by atoms with Crippen molar-refractivity contribution >= 4 is 5.97 Å². The SMILES string of the molecule is CCCCCCCCCCCC(CCCCCCN)C(=O)[O-]. The van der Waals surface area contributed by atoms with E-state index in [0.717, 1.165) is 51.5 Å². The average Bonchev–Trinajstić information content (AvgIpc) is 2.50. The fourth-order valence-corrected chi connectivity index (χ4v) is 2.97. The van der Waals surface area contributed by atoms with Gasteiger partial charge in [-0.15, -0.1) is 0 Å². The minimum Gasteiger partial charge on any atom is -0.550 e. The molecular weight excluding hydrogens is 274 g/mol. The second-order valence-electron chi connectivity index (χ2n) is 6.62. The molecule has 1 atom stereocenters. The lowest BCUT2D eigenvalue weighted by Gasteiger charge is -2.17. The lowest BCUT2D eigenvalue weighted by Crippen LogP contribution is -2.31. The van der Waals surface area contributed by atoms with E-state index in [9.17, 15) is 9.90 Å². The van der Waals surface area contributed by atoms with E-state index >= 15 is 0 Å². The van der Waals surface area contributed by atoms with Crippen molar-refractivity contribution < 1.29 is 9.90 Å². The quantitative estimate of drug-likeness (QED) is 0.410. The Morgan fingerprint density at radius 2 is 1.18 bits per heavy atom. The molecule has 0 amide bonds. The van der Waals surface area contributed by atoms with Gasteiger partial charge in [-0.25, -0.2) is 0 Å². The summed E-state index contributed by atoms with van der Waals surface area (Å²) in [4.78, 5) is 11.2. The van der Waals surface area contributed by atoms with Crippen molar-refractivity contribution in [1.29, 1.82) is 0 Å². The first kappa shape index (κ1) is 21.4. The van der Waals surface area contributed by atoms with Gasteiger partial charge in [-0.2, -0.15) is 0 Å². The summed E-state index contributed by atoms with van der Waals surface area (Å²) in [6.07, 6.45) is 17.3. The molecule has 0 radical (unpaired) electrons. The Morgan fingerprint density at radius 1 is 0.773 bits per heavy atom. The summed E-state index contributed by atoms with van der Waals surface area (Å²) >= 11 is 0. The smallest absolute Gasteiger partial charge is 0.0445 e. The van der Waals surface area contributed by atoms with Crippen LogP contribution in [0.5, 0.6) is 0 Å². The minimum absolute atomic E-state index is 0.234. The largest absolute Gasteiger partial charge is 0.550 e. The fraction of sp³-hybridized carbons (Fsp3) is 0.947. The number of rotatable bonds is 17. The summed E-state index contributed by atoms with van der Waals surface area (Å²) < 4.78 is 0. The number of nitrogens with two attached hydrogens (primary N) is 1. The van der Waals surface area contributed by atoms with Crippen molar-refractivity contribution in [3.05, 3.63) is 0 Å². The predicted molar refractivity (Wildman–Crippen MR) is 92.5 cm³/mol. The van der Waals surface area contributed by atoms with E-state index in [1.54, 1.807) is 0 Å². The number of carbonyl (C=O) groups is 1. The Balaban J connectivity index is 3.47. The maximum Gasteiger partial charge on any atom is 0.0445 e. The standard InChI is InChI=1S/C19H39NO2/c1-2-3-4-5-6-7-8-9-12-15-18(19(21)22)16-13-10-11-14-17-20/h18H,2-17,20H2,1H3,(H,21,22)/p-1. The molecule has 0 aromatic carbocycles. The molecule has 0 aromatic heterocycles. The molecule has 22 heavy (non-hydrogen) atoms. The van der Waals surface area contributed by atoms with E-state index in [2.05, 4.69) is 6.92 Å². The molecule has 3 heteroatoms. The Kier molecular flexibility index (Phi) is 16.4. The summed E-state index contributed by atoms with van der Waals surface area (Å²) in [6.45, 7) is 2.98. The molecular formula is C19H38NO2-. The first-order valence-corrected chi connectivity index (χ1v) is 9.63. The zero-order valence-electron chi connectivity index (χ0n) is 14.8. The molecule has 132 valence electrons. The normalized spacial score (nSPS) is 12.5. The molecule has 0 spiro atoms. The summed E-state index contributed by atoms with van der Waals surface area (Å²) in [7, 11) is 0. The summed E-state index contributed by atoms with van der Waals surface area (Å²) in [5.74, 6) is -1.08. The third-order valence-corrected chi connectivity index (χ3v) is 4.50. The maximum absolute atomic E-state index is 11.2. The van der Waals surface area contributed by atoms with Gasteiger partial charge in [0.15, 0.2) is 0 Å².